The summed E-state index contributed by atoms with van der Waals surface area (Å²) in [5.74, 6) is -0.491. The molecular weight excluding hydrogens is 330 g/mol. The number of methoxy groups -OCH3 is 1. The van der Waals surface area contributed by atoms with Crippen LogP contribution >= 0.6 is 0 Å². The Hall–Kier alpha value is -1.89. The number of carbonyl (C=O) groups excluding carboxylic acids is 2. The molecule has 1 heterocycles. The summed E-state index contributed by atoms with van der Waals surface area (Å²) < 4.78 is 30.7. The average Bonchev–Trinajstić information content (AvgIpc) is 2.91. The number of benzene rings is 1. The first-order chi connectivity index (χ1) is 11.4. The van der Waals surface area contributed by atoms with E-state index in [-0.39, 0.29) is 6.42 Å². The lowest BCUT2D eigenvalue weighted by atomic mass is 10.0. The number of imide groups is 1. The largest absolute Gasteiger partial charge is 0.497 e. The van der Waals surface area contributed by atoms with Crippen molar-refractivity contribution in [3.63, 3.8) is 0 Å². The topological polar surface area (TPSA) is 80.8 Å². The summed E-state index contributed by atoms with van der Waals surface area (Å²) in [6, 6.07) is 6.45. The summed E-state index contributed by atoms with van der Waals surface area (Å²) in [7, 11) is -2.11. The Kier molecular flexibility index (Phi) is 4.62. The lowest BCUT2D eigenvalue weighted by Crippen LogP contribution is -2.40. The van der Waals surface area contributed by atoms with Gasteiger partial charge in [0.1, 0.15) is 11.0 Å². The van der Waals surface area contributed by atoms with Gasteiger partial charge in [-0.25, -0.2) is 13.3 Å². The van der Waals surface area contributed by atoms with Gasteiger partial charge in [-0.3, -0.25) is 9.59 Å². The summed E-state index contributed by atoms with van der Waals surface area (Å²) in [6.07, 6.45) is 3.67. The van der Waals surface area contributed by atoms with E-state index in [2.05, 4.69) is 0 Å². The number of sulfone groups is 1. The minimum Gasteiger partial charge on any atom is -0.497 e. The van der Waals surface area contributed by atoms with Crippen molar-refractivity contribution in [2.75, 3.05) is 12.0 Å². The zero-order chi connectivity index (χ0) is 17.3. The number of anilines is 1. The fraction of sp³-hybridized carbons (Fsp3) is 0.529. The number of hydrogen-bond donors (Lipinski definition) is 0. The number of nitrogens with zero attached hydrogens (tertiary/aromatic N) is 1. The van der Waals surface area contributed by atoms with Gasteiger partial charge >= 0.3 is 0 Å². The molecule has 1 saturated heterocycles. The normalized spacial score (nSPS) is 22.9. The number of rotatable bonds is 4. The van der Waals surface area contributed by atoms with Crippen LogP contribution in [0, 0.1) is 0 Å². The van der Waals surface area contributed by atoms with Gasteiger partial charge in [0.15, 0.2) is 9.84 Å². The maximum absolute atomic E-state index is 12.8. The lowest BCUT2D eigenvalue weighted by Gasteiger charge is -2.24. The summed E-state index contributed by atoms with van der Waals surface area (Å²) in [6.45, 7) is 0. The number of carbonyl (C=O) groups is 2. The summed E-state index contributed by atoms with van der Waals surface area (Å²) in [4.78, 5) is 25.9. The summed E-state index contributed by atoms with van der Waals surface area (Å²) >= 11 is 0. The molecule has 24 heavy (non-hydrogen) atoms. The van der Waals surface area contributed by atoms with E-state index in [1.54, 1.807) is 24.3 Å². The predicted molar refractivity (Wildman–Crippen MR) is 89.7 cm³/mol. The Labute approximate surface area is 141 Å². The van der Waals surface area contributed by atoms with Crippen LogP contribution in [0.1, 0.15) is 38.5 Å². The minimum absolute atomic E-state index is 0.260. The molecule has 1 saturated carbocycles. The second kappa shape index (κ2) is 6.55. The highest BCUT2D eigenvalue weighted by atomic mass is 32.2. The molecule has 0 spiro atoms. The quantitative estimate of drug-likeness (QED) is 0.776. The first-order valence-electron chi connectivity index (χ1n) is 8.18. The molecule has 0 bridgehead atoms. The smallest absolute Gasteiger partial charge is 0.252 e. The van der Waals surface area contributed by atoms with Crippen LogP contribution in [0.2, 0.25) is 0 Å². The Morgan fingerprint density at radius 2 is 1.67 bits per heavy atom. The van der Waals surface area contributed by atoms with Crippen molar-refractivity contribution < 1.29 is 22.7 Å². The SMILES string of the molecule is COc1ccc(N2C(=O)CC(S(=O)(=O)C3CCCCC3)C2=O)cc1. The van der Waals surface area contributed by atoms with Crippen LogP contribution in [-0.4, -0.2) is 37.8 Å². The van der Waals surface area contributed by atoms with Crippen LogP contribution in [0.15, 0.2) is 24.3 Å². The van der Waals surface area contributed by atoms with Gasteiger partial charge in [-0.2, -0.15) is 0 Å². The van der Waals surface area contributed by atoms with Gasteiger partial charge < -0.3 is 4.74 Å². The molecular formula is C17H21NO5S. The maximum atomic E-state index is 12.8. The highest BCUT2D eigenvalue weighted by molar-refractivity contribution is 7.93. The van der Waals surface area contributed by atoms with Crippen LogP contribution in [0.4, 0.5) is 5.69 Å². The molecule has 6 nitrogen and oxygen atoms in total. The molecule has 3 rings (SSSR count). The van der Waals surface area contributed by atoms with E-state index in [9.17, 15) is 18.0 Å². The van der Waals surface area contributed by atoms with E-state index >= 15 is 0 Å². The van der Waals surface area contributed by atoms with Crippen LogP contribution in [0.5, 0.6) is 5.75 Å². The number of hydrogen-bond acceptors (Lipinski definition) is 5. The number of amides is 2. The fourth-order valence-corrected chi connectivity index (χ4v) is 5.71. The molecule has 1 aliphatic carbocycles. The maximum Gasteiger partial charge on any atom is 0.252 e. The highest BCUT2D eigenvalue weighted by Gasteiger charge is 2.49. The van der Waals surface area contributed by atoms with Crippen LogP contribution in [0.25, 0.3) is 0 Å². The second-order valence-electron chi connectivity index (χ2n) is 6.31. The van der Waals surface area contributed by atoms with Crippen molar-refractivity contribution >= 4 is 27.3 Å². The Morgan fingerprint density at radius 3 is 2.25 bits per heavy atom. The van der Waals surface area contributed by atoms with Crippen LogP contribution in [0.3, 0.4) is 0 Å². The molecule has 2 fully saturated rings. The second-order valence-corrected chi connectivity index (χ2v) is 8.72. The van der Waals surface area contributed by atoms with E-state index in [1.165, 1.54) is 7.11 Å². The third-order valence-corrected chi connectivity index (χ3v) is 7.41. The Bertz CT molecular complexity index is 735. The predicted octanol–water partition coefficient (Wildman–Crippen LogP) is 2.07. The summed E-state index contributed by atoms with van der Waals surface area (Å²) in [5, 5.41) is -1.74. The van der Waals surface area contributed by atoms with Crippen molar-refractivity contribution in [1.82, 2.24) is 0 Å². The molecule has 7 heteroatoms. The monoisotopic (exact) mass is 351 g/mol. The van der Waals surface area contributed by atoms with Gasteiger partial charge in [-0.1, -0.05) is 19.3 Å². The zero-order valence-corrected chi connectivity index (χ0v) is 14.4. The van der Waals surface area contributed by atoms with E-state index < -0.39 is 32.2 Å². The minimum atomic E-state index is -3.63. The van der Waals surface area contributed by atoms with Crippen molar-refractivity contribution in [3.8, 4) is 5.75 Å². The van der Waals surface area contributed by atoms with Gasteiger partial charge in [-0.15, -0.1) is 0 Å². The first-order valence-corrected chi connectivity index (χ1v) is 9.79. The van der Waals surface area contributed by atoms with E-state index in [0.29, 0.717) is 24.3 Å². The molecule has 1 atom stereocenters. The van der Waals surface area contributed by atoms with Gasteiger partial charge in [0.2, 0.25) is 5.91 Å². The fourth-order valence-electron chi connectivity index (χ4n) is 3.49. The van der Waals surface area contributed by atoms with Crippen molar-refractivity contribution in [2.45, 2.75) is 49.0 Å². The standard InChI is InChI=1S/C17H21NO5S/c1-23-13-9-7-12(8-10-13)18-16(19)11-15(17(18)20)24(21,22)14-5-3-2-4-6-14/h7-10,14-15H,2-6,11H2,1H3. The highest BCUT2D eigenvalue weighted by Crippen LogP contribution is 2.33. The summed E-state index contributed by atoms with van der Waals surface area (Å²) in [5.41, 5.74) is 0.382. The molecule has 0 N–H and O–H groups in total. The Morgan fingerprint density at radius 1 is 1.04 bits per heavy atom. The molecule has 130 valence electrons. The Balaban J connectivity index is 1.85. The third-order valence-electron chi connectivity index (χ3n) is 4.85. The number of ether oxygens (including phenoxy) is 1. The van der Waals surface area contributed by atoms with Crippen molar-refractivity contribution in [1.29, 1.82) is 0 Å². The van der Waals surface area contributed by atoms with E-state index in [0.717, 1.165) is 24.2 Å². The molecule has 2 aliphatic rings. The van der Waals surface area contributed by atoms with Gasteiger partial charge in [0, 0.05) is 0 Å². The molecule has 0 radical (unpaired) electrons. The zero-order valence-electron chi connectivity index (χ0n) is 13.6. The molecule has 1 aliphatic heterocycles. The van der Waals surface area contributed by atoms with Crippen molar-refractivity contribution in [2.24, 2.45) is 0 Å². The lowest BCUT2D eigenvalue weighted by molar-refractivity contribution is -0.121. The van der Waals surface area contributed by atoms with E-state index in [4.69, 9.17) is 4.74 Å². The van der Waals surface area contributed by atoms with Gasteiger partial charge in [-0.05, 0) is 37.1 Å². The molecule has 2 amide bonds. The van der Waals surface area contributed by atoms with Crippen LogP contribution in [-0.2, 0) is 19.4 Å². The van der Waals surface area contributed by atoms with Crippen molar-refractivity contribution in [3.05, 3.63) is 24.3 Å². The molecule has 1 aromatic carbocycles. The van der Waals surface area contributed by atoms with E-state index in [1.807, 2.05) is 0 Å². The molecule has 1 unspecified atom stereocenters. The molecule has 0 aromatic heterocycles. The average molecular weight is 351 g/mol. The van der Waals surface area contributed by atoms with Gasteiger partial charge in [0.05, 0.1) is 24.5 Å². The van der Waals surface area contributed by atoms with Crippen LogP contribution < -0.4 is 9.64 Å². The first kappa shape index (κ1) is 17.0. The van der Waals surface area contributed by atoms with Gasteiger partial charge in [0.25, 0.3) is 5.91 Å². The third kappa shape index (κ3) is 2.92. The molecule has 1 aromatic rings.